The van der Waals surface area contributed by atoms with Gasteiger partial charge >= 0.3 is 0 Å². The van der Waals surface area contributed by atoms with Crippen LogP contribution >= 0.6 is 0 Å². The Labute approximate surface area is 246 Å². The second-order valence-corrected chi connectivity index (χ2v) is 12.6. The molecule has 42 heavy (non-hydrogen) atoms. The summed E-state index contributed by atoms with van der Waals surface area (Å²) in [6, 6.07) is 51.8. The van der Waals surface area contributed by atoms with Crippen molar-refractivity contribution >= 4 is 53.9 Å². The first-order chi connectivity index (χ1) is 20.5. The van der Waals surface area contributed by atoms with Gasteiger partial charge in [-0.1, -0.05) is 142 Å². The van der Waals surface area contributed by atoms with Crippen LogP contribution in [-0.4, -0.2) is 0 Å². The molecule has 0 aromatic heterocycles. The molecule has 0 saturated heterocycles. The summed E-state index contributed by atoms with van der Waals surface area (Å²) in [7, 11) is 0. The highest BCUT2D eigenvalue weighted by molar-refractivity contribution is 6.25. The minimum atomic E-state index is 0.0417. The van der Waals surface area contributed by atoms with Crippen LogP contribution in [0.1, 0.15) is 26.3 Å². The fourth-order valence-corrected chi connectivity index (χ4v) is 6.85. The van der Waals surface area contributed by atoms with Gasteiger partial charge in [-0.3, -0.25) is 0 Å². The maximum Gasteiger partial charge on any atom is -0.00200 e. The monoisotopic (exact) mass is 536 g/mol. The zero-order chi connectivity index (χ0) is 28.4. The van der Waals surface area contributed by atoms with Gasteiger partial charge in [0.1, 0.15) is 0 Å². The zero-order valence-electron chi connectivity index (χ0n) is 24.3. The Hall–Kier alpha value is -4.94. The van der Waals surface area contributed by atoms with Crippen molar-refractivity contribution in [2.45, 2.75) is 26.2 Å². The third kappa shape index (κ3) is 3.83. The van der Waals surface area contributed by atoms with Crippen LogP contribution < -0.4 is 0 Å². The van der Waals surface area contributed by atoms with Crippen molar-refractivity contribution < 1.29 is 0 Å². The Balaban J connectivity index is 1.54. The molecule has 8 rings (SSSR count). The van der Waals surface area contributed by atoms with E-state index in [-0.39, 0.29) is 5.41 Å². The molecule has 8 aromatic carbocycles. The molecule has 0 unspecified atom stereocenters. The lowest BCUT2D eigenvalue weighted by molar-refractivity contribution is 0.591. The standard InChI is InChI=1S/C42H32/c1-42(2,3)31-21-23-37-39(26-31)41(36-17-10-9-16-35(36)40(37)27-12-5-4-6-13-27)34-19-11-18-32-33(34)22-20-30-24-28-14-7-8-15-29(28)25-38(30)32/h4-26H,1-3H3. The first kappa shape index (κ1) is 24.8. The summed E-state index contributed by atoms with van der Waals surface area (Å²) in [6.07, 6.45) is 0. The van der Waals surface area contributed by atoms with Crippen LogP contribution in [0.4, 0.5) is 0 Å². The average Bonchev–Trinajstić information content (AvgIpc) is 3.02. The van der Waals surface area contributed by atoms with Crippen molar-refractivity contribution in [3.8, 4) is 22.3 Å². The smallest absolute Gasteiger partial charge is 0.00200 e. The number of benzene rings is 8. The Bertz CT molecular complexity index is 2310. The summed E-state index contributed by atoms with van der Waals surface area (Å²) in [5, 5.41) is 12.9. The van der Waals surface area contributed by atoms with Crippen molar-refractivity contribution in [3.05, 3.63) is 145 Å². The Morgan fingerprint density at radius 2 is 0.976 bits per heavy atom. The van der Waals surface area contributed by atoms with Gasteiger partial charge in [-0.15, -0.1) is 0 Å². The fourth-order valence-electron chi connectivity index (χ4n) is 6.85. The van der Waals surface area contributed by atoms with Crippen molar-refractivity contribution in [1.82, 2.24) is 0 Å². The van der Waals surface area contributed by atoms with E-state index in [2.05, 4.69) is 160 Å². The highest BCUT2D eigenvalue weighted by Crippen LogP contribution is 2.47. The molecule has 0 amide bonds. The van der Waals surface area contributed by atoms with Crippen LogP contribution in [0.25, 0.3) is 76.1 Å². The lowest BCUT2D eigenvalue weighted by Crippen LogP contribution is -2.10. The largest absolute Gasteiger partial charge is 0.0622 e. The molecule has 0 aliphatic heterocycles. The molecule has 0 aliphatic rings. The second-order valence-electron chi connectivity index (χ2n) is 12.6. The van der Waals surface area contributed by atoms with Gasteiger partial charge in [0, 0.05) is 0 Å². The van der Waals surface area contributed by atoms with Gasteiger partial charge in [-0.2, -0.15) is 0 Å². The highest BCUT2D eigenvalue weighted by atomic mass is 14.2. The molecule has 0 heterocycles. The van der Waals surface area contributed by atoms with Crippen LogP contribution in [-0.2, 0) is 5.41 Å². The molecule has 0 fully saturated rings. The van der Waals surface area contributed by atoms with E-state index >= 15 is 0 Å². The minimum absolute atomic E-state index is 0.0417. The predicted octanol–water partition coefficient (Wildman–Crippen LogP) is 12.1. The molecule has 0 atom stereocenters. The van der Waals surface area contributed by atoms with Gasteiger partial charge in [0.2, 0.25) is 0 Å². The van der Waals surface area contributed by atoms with Crippen LogP contribution in [0.2, 0.25) is 0 Å². The molecule has 8 aromatic rings. The number of rotatable bonds is 2. The summed E-state index contributed by atoms with van der Waals surface area (Å²) >= 11 is 0. The second kappa shape index (κ2) is 9.29. The van der Waals surface area contributed by atoms with Gasteiger partial charge < -0.3 is 0 Å². The van der Waals surface area contributed by atoms with E-state index in [9.17, 15) is 0 Å². The third-order valence-corrected chi connectivity index (χ3v) is 8.97. The lowest BCUT2D eigenvalue weighted by atomic mass is 9.80. The summed E-state index contributed by atoms with van der Waals surface area (Å²) in [6.45, 7) is 6.92. The van der Waals surface area contributed by atoms with E-state index in [0.29, 0.717) is 0 Å². The Morgan fingerprint density at radius 3 is 1.74 bits per heavy atom. The zero-order valence-corrected chi connectivity index (χ0v) is 24.3. The summed E-state index contributed by atoms with van der Waals surface area (Å²) < 4.78 is 0. The molecule has 0 aliphatic carbocycles. The summed E-state index contributed by atoms with van der Waals surface area (Å²) in [5.74, 6) is 0. The molecular weight excluding hydrogens is 504 g/mol. The predicted molar refractivity (Wildman–Crippen MR) is 184 cm³/mol. The van der Waals surface area contributed by atoms with E-state index in [1.807, 2.05) is 0 Å². The van der Waals surface area contributed by atoms with E-state index in [1.54, 1.807) is 0 Å². The molecule has 200 valence electrons. The van der Waals surface area contributed by atoms with Crippen LogP contribution in [0.5, 0.6) is 0 Å². The van der Waals surface area contributed by atoms with Crippen molar-refractivity contribution in [1.29, 1.82) is 0 Å². The summed E-state index contributed by atoms with van der Waals surface area (Å²) in [4.78, 5) is 0. The van der Waals surface area contributed by atoms with E-state index in [1.165, 1.54) is 81.7 Å². The maximum atomic E-state index is 2.46. The molecule has 0 N–H and O–H groups in total. The first-order valence-electron chi connectivity index (χ1n) is 14.9. The average molecular weight is 537 g/mol. The van der Waals surface area contributed by atoms with Gasteiger partial charge in [0.05, 0.1) is 0 Å². The first-order valence-corrected chi connectivity index (χ1v) is 14.9. The Morgan fingerprint density at radius 1 is 0.357 bits per heavy atom. The minimum Gasteiger partial charge on any atom is -0.0622 e. The van der Waals surface area contributed by atoms with Crippen LogP contribution in [0.15, 0.2) is 140 Å². The topological polar surface area (TPSA) is 0 Å². The van der Waals surface area contributed by atoms with Gasteiger partial charge in [0.15, 0.2) is 0 Å². The molecule has 0 spiro atoms. The van der Waals surface area contributed by atoms with Gasteiger partial charge in [0.25, 0.3) is 0 Å². The lowest BCUT2D eigenvalue weighted by Gasteiger charge is -2.23. The molecule has 0 nitrogen and oxygen atoms in total. The number of hydrogen-bond donors (Lipinski definition) is 0. The number of fused-ring (bicyclic) bond motifs is 6. The van der Waals surface area contributed by atoms with E-state index in [4.69, 9.17) is 0 Å². The van der Waals surface area contributed by atoms with Gasteiger partial charge in [-0.05, 0) is 105 Å². The number of hydrogen-bond acceptors (Lipinski definition) is 0. The van der Waals surface area contributed by atoms with Crippen molar-refractivity contribution in [3.63, 3.8) is 0 Å². The van der Waals surface area contributed by atoms with Crippen LogP contribution in [0, 0.1) is 0 Å². The molecular formula is C42H32. The van der Waals surface area contributed by atoms with Crippen molar-refractivity contribution in [2.24, 2.45) is 0 Å². The van der Waals surface area contributed by atoms with Gasteiger partial charge in [-0.25, -0.2) is 0 Å². The molecule has 0 saturated carbocycles. The molecule has 0 radical (unpaired) electrons. The molecule has 0 heteroatoms. The summed E-state index contributed by atoms with van der Waals surface area (Å²) in [5.41, 5.74) is 6.56. The fraction of sp³-hybridized carbons (Fsp3) is 0.0952. The molecule has 0 bridgehead atoms. The van der Waals surface area contributed by atoms with E-state index in [0.717, 1.165) is 0 Å². The Kier molecular flexibility index (Phi) is 5.49. The normalized spacial score (nSPS) is 12.2. The van der Waals surface area contributed by atoms with E-state index < -0.39 is 0 Å². The SMILES string of the molecule is CC(C)(C)c1ccc2c(-c3ccccc3)c3ccccc3c(-c3cccc4c3ccc3cc5ccccc5cc34)c2c1. The third-order valence-electron chi connectivity index (χ3n) is 8.97. The van der Waals surface area contributed by atoms with Crippen LogP contribution in [0.3, 0.4) is 0 Å². The van der Waals surface area contributed by atoms with Crippen molar-refractivity contribution in [2.75, 3.05) is 0 Å². The highest BCUT2D eigenvalue weighted by Gasteiger charge is 2.21. The quantitative estimate of drug-likeness (QED) is 0.152. The maximum absolute atomic E-state index is 2.46.